The van der Waals surface area contributed by atoms with Crippen LogP contribution in [0.15, 0.2) is 18.5 Å². The van der Waals surface area contributed by atoms with E-state index in [0.29, 0.717) is 6.54 Å². The molecule has 0 aromatic carbocycles. The molecule has 1 rings (SSSR count). The Morgan fingerprint density at radius 2 is 2.46 bits per heavy atom. The Bertz CT molecular complexity index is 243. The number of nitrogens with zero attached hydrogens (tertiary/aromatic N) is 2. The fraction of sp³-hybridized carbons (Fsp3) is 0.556. The molecule has 1 N–H and O–H groups in total. The van der Waals surface area contributed by atoms with Crippen molar-refractivity contribution < 1.29 is 4.79 Å². The first-order chi connectivity index (χ1) is 6.33. The fourth-order valence-corrected chi connectivity index (χ4v) is 1.00. The van der Waals surface area contributed by atoms with E-state index in [1.807, 2.05) is 0 Å². The highest BCUT2D eigenvalue weighted by Gasteiger charge is 2.00. The lowest BCUT2D eigenvalue weighted by molar-refractivity contribution is -0.121. The van der Waals surface area contributed by atoms with Crippen LogP contribution >= 0.6 is 0 Å². The Morgan fingerprint density at radius 3 is 3.08 bits per heavy atom. The van der Waals surface area contributed by atoms with E-state index in [1.165, 1.54) is 0 Å². The van der Waals surface area contributed by atoms with Crippen LogP contribution in [0.3, 0.4) is 0 Å². The van der Waals surface area contributed by atoms with Gasteiger partial charge in [0.1, 0.15) is 6.54 Å². The predicted octanol–water partition coefficient (Wildman–Crippen LogP) is 0.799. The first-order valence-electron chi connectivity index (χ1n) is 4.57. The molecule has 4 heteroatoms. The molecule has 0 saturated heterocycles. The van der Waals surface area contributed by atoms with Gasteiger partial charge in [0, 0.05) is 18.9 Å². The summed E-state index contributed by atoms with van der Waals surface area (Å²) in [5.41, 5.74) is 0. The van der Waals surface area contributed by atoms with Crippen molar-refractivity contribution in [2.24, 2.45) is 0 Å². The molecule has 13 heavy (non-hydrogen) atoms. The number of carbonyl (C=O) groups excluding carboxylic acids is 1. The van der Waals surface area contributed by atoms with E-state index < -0.39 is 0 Å². The molecule has 0 aliphatic carbocycles. The van der Waals surface area contributed by atoms with Crippen LogP contribution in [-0.4, -0.2) is 22.2 Å². The Hall–Kier alpha value is -1.32. The number of aromatic nitrogens is 2. The van der Waals surface area contributed by atoms with Gasteiger partial charge in [-0.15, -0.1) is 0 Å². The number of amides is 1. The minimum absolute atomic E-state index is 0.0251. The highest BCUT2D eigenvalue weighted by molar-refractivity contribution is 5.75. The van der Waals surface area contributed by atoms with Crippen LogP contribution in [0.4, 0.5) is 0 Å². The summed E-state index contributed by atoms with van der Waals surface area (Å²) in [5.74, 6) is 0.0251. The van der Waals surface area contributed by atoms with E-state index in [4.69, 9.17) is 0 Å². The van der Waals surface area contributed by atoms with Crippen LogP contribution in [0.25, 0.3) is 0 Å². The number of carbonyl (C=O) groups is 1. The van der Waals surface area contributed by atoms with E-state index in [1.54, 1.807) is 23.1 Å². The highest BCUT2D eigenvalue weighted by atomic mass is 16.2. The summed E-state index contributed by atoms with van der Waals surface area (Å²) in [6.45, 7) is 3.17. The molecule has 0 aliphatic heterocycles. The average molecular weight is 181 g/mol. The van der Waals surface area contributed by atoms with Crippen molar-refractivity contribution >= 4 is 5.91 Å². The monoisotopic (exact) mass is 181 g/mol. The van der Waals surface area contributed by atoms with Gasteiger partial charge in [-0.2, -0.15) is 5.10 Å². The number of hydrogen-bond acceptors (Lipinski definition) is 2. The second-order valence-corrected chi connectivity index (χ2v) is 2.91. The van der Waals surface area contributed by atoms with Gasteiger partial charge in [0.15, 0.2) is 0 Å². The summed E-state index contributed by atoms with van der Waals surface area (Å²) in [6, 6.07) is 1.80. The van der Waals surface area contributed by atoms with Gasteiger partial charge in [-0.3, -0.25) is 9.48 Å². The van der Waals surface area contributed by atoms with Gasteiger partial charge in [-0.1, -0.05) is 13.3 Å². The van der Waals surface area contributed by atoms with Gasteiger partial charge in [-0.25, -0.2) is 0 Å². The molecule has 0 atom stereocenters. The Balaban J connectivity index is 2.18. The van der Waals surface area contributed by atoms with Crippen molar-refractivity contribution in [3.8, 4) is 0 Å². The molecule has 1 aromatic rings. The Labute approximate surface area is 77.9 Å². The van der Waals surface area contributed by atoms with E-state index in [2.05, 4.69) is 17.3 Å². The van der Waals surface area contributed by atoms with Crippen LogP contribution in [-0.2, 0) is 11.3 Å². The predicted molar refractivity (Wildman–Crippen MR) is 50.1 cm³/mol. The topological polar surface area (TPSA) is 46.9 Å². The van der Waals surface area contributed by atoms with Crippen LogP contribution in [0, 0.1) is 0 Å². The van der Waals surface area contributed by atoms with Crippen molar-refractivity contribution in [3.63, 3.8) is 0 Å². The van der Waals surface area contributed by atoms with Crippen molar-refractivity contribution in [3.05, 3.63) is 18.5 Å². The van der Waals surface area contributed by atoms with E-state index in [0.717, 1.165) is 19.4 Å². The minimum Gasteiger partial charge on any atom is -0.354 e. The quantitative estimate of drug-likeness (QED) is 0.683. The van der Waals surface area contributed by atoms with E-state index in [-0.39, 0.29) is 5.91 Å². The zero-order valence-corrected chi connectivity index (χ0v) is 7.86. The number of rotatable bonds is 5. The number of hydrogen-bond donors (Lipinski definition) is 1. The molecule has 1 aromatic heterocycles. The maximum absolute atomic E-state index is 11.2. The van der Waals surface area contributed by atoms with Crippen LogP contribution < -0.4 is 5.32 Å². The third-order valence-corrected chi connectivity index (χ3v) is 1.72. The molecule has 0 radical (unpaired) electrons. The second-order valence-electron chi connectivity index (χ2n) is 2.91. The highest BCUT2D eigenvalue weighted by Crippen LogP contribution is 1.86. The van der Waals surface area contributed by atoms with Gasteiger partial charge in [-0.05, 0) is 12.5 Å². The molecule has 0 fully saturated rings. The SMILES string of the molecule is CCCCNC(=O)Cn1cccn1. The normalized spacial score (nSPS) is 9.92. The minimum atomic E-state index is 0.0251. The first kappa shape index (κ1) is 9.77. The molecule has 4 nitrogen and oxygen atoms in total. The zero-order valence-electron chi connectivity index (χ0n) is 7.86. The summed E-state index contributed by atoms with van der Waals surface area (Å²) in [7, 11) is 0. The molecule has 1 amide bonds. The van der Waals surface area contributed by atoms with Crippen LogP contribution in [0.2, 0.25) is 0 Å². The van der Waals surface area contributed by atoms with Crippen molar-refractivity contribution in [2.75, 3.05) is 6.54 Å². The Kier molecular flexibility index (Phi) is 4.02. The first-order valence-corrected chi connectivity index (χ1v) is 4.57. The number of nitrogens with one attached hydrogen (secondary N) is 1. The lowest BCUT2D eigenvalue weighted by Gasteiger charge is -2.03. The summed E-state index contributed by atoms with van der Waals surface area (Å²) < 4.78 is 1.61. The number of unbranched alkanes of at least 4 members (excludes halogenated alkanes) is 1. The molecular weight excluding hydrogens is 166 g/mol. The zero-order chi connectivity index (χ0) is 9.52. The summed E-state index contributed by atoms with van der Waals surface area (Å²) in [5, 5.41) is 6.76. The third-order valence-electron chi connectivity index (χ3n) is 1.72. The van der Waals surface area contributed by atoms with Crippen molar-refractivity contribution in [1.82, 2.24) is 15.1 Å². The third kappa shape index (κ3) is 3.73. The lowest BCUT2D eigenvalue weighted by Crippen LogP contribution is -2.28. The largest absolute Gasteiger partial charge is 0.354 e. The summed E-state index contributed by atoms with van der Waals surface area (Å²) >= 11 is 0. The van der Waals surface area contributed by atoms with Gasteiger partial charge in [0.05, 0.1) is 0 Å². The van der Waals surface area contributed by atoms with Crippen LogP contribution in [0.5, 0.6) is 0 Å². The maximum atomic E-state index is 11.2. The average Bonchev–Trinajstić information content (AvgIpc) is 2.57. The molecule has 72 valence electrons. The molecule has 0 saturated carbocycles. The van der Waals surface area contributed by atoms with Crippen molar-refractivity contribution in [2.45, 2.75) is 26.3 Å². The summed E-state index contributed by atoms with van der Waals surface area (Å²) in [4.78, 5) is 11.2. The fourth-order valence-electron chi connectivity index (χ4n) is 1.00. The van der Waals surface area contributed by atoms with Crippen LogP contribution in [0.1, 0.15) is 19.8 Å². The lowest BCUT2D eigenvalue weighted by atomic mass is 10.3. The van der Waals surface area contributed by atoms with Gasteiger partial charge >= 0.3 is 0 Å². The Morgan fingerprint density at radius 1 is 1.62 bits per heavy atom. The molecular formula is C9H15N3O. The standard InChI is InChI=1S/C9H15N3O/c1-2-3-5-10-9(13)8-12-7-4-6-11-12/h4,6-7H,2-3,5,8H2,1H3,(H,10,13). The van der Waals surface area contributed by atoms with Gasteiger partial charge < -0.3 is 5.32 Å². The van der Waals surface area contributed by atoms with Gasteiger partial charge in [0.2, 0.25) is 5.91 Å². The van der Waals surface area contributed by atoms with Gasteiger partial charge in [0.25, 0.3) is 0 Å². The van der Waals surface area contributed by atoms with E-state index in [9.17, 15) is 4.79 Å². The molecule has 0 spiro atoms. The smallest absolute Gasteiger partial charge is 0.241 e. The van der Waals surface area contributed by atoms with Crippen molar-refractivity contribution in [1.29, 1.82) is 0 Å². The summed E-state index contributed by atoms with van der Waals surface area (Å²) in [6.07, 6.45) is 5.58. The van der Waals surface area contributed by atoms with E-state index >= 15 is 0 Å². The molecule has 0 unspecified atom stereocenters. The molecule has 1 heterocycles. The molecule has 0 bridgehead atoms. The second kappa shape index (κ2) is 5.35. The molecule has 0 aliphatic rings. The maximum Gasteiger partial charge on any atom is 0.241 e.